The lowest BCUT2D eigenvalue weighted by atomic mass is 10.0. The van der Waals surface area contributed by atoms with E-state index in [1.165, 1.54) is 12.1 Å². The Hall–Kier alpha value is -3.41. The van der Waals surface area contributed by atoms with Gasteiger partial charge < -0.3 is 15.2 Å². The number of aromatic nitrogens is 1. The SMILES string of the molecule is COc1ccc(F)cc1CC1(NC(=O)c2cc(-c3ccccc3O)ccn2)CC1. The molecule has 0 bridgehead atoms. The maximum Gasteiger partial charge on any atom is 0.270 e. The number of amides is 1. The average Bonchev–Trinajstić information content (AvgIpc) is 3.47. The highest BCUT2D eigenvalue weighted by Crippen LogP contribution is 2.41. The Balaban J connectivity index is 1.54. The van der Waals surface area contributed by atoms with E-state index < -0.39 is 5.54 Å². The van der Waals surface area contributed by atoms with Crippen LogP contribution >= 0.6 is 0 Å². The standard InChI is InChI=1S/C23H21FN2O3/c1-29-21-7-6-17(24)12-16(21)14-23(9-10-23)26-22(28)19-13-15(8-11-25-19)18-4-2-3-5-20(18)27/h2-8,11-13,27H,9-10,14H2,1H3,(H,26,28). The first-order chi connectivity index (χ1) is 14.0. The maximum absolute atomic E-state index is 13.7. The third-order valence-electron chi connectivity index (χ3n) is 5.21. The van der Waals surface area contributed by atoms with Crippen LogP contribution in [0.25, 0.3) is 11.1 Å². The van der Waals surface area contributed by atoms with Crippen LogP contribution in [-0.2, 0) is 6.42 Å². The van der Waals surface area contributed by atoms with E-state index in [0.717, 1.165) is 18.4 Å². The van der Waals surface area contributed by atoms with Gasteiger partial charge in [-0.15, -0.1) is 0 Å². The summed E-state index contributed by atoms with van der Waals surface area (Å²) >= 11 is 0. The average molecular weight is 392 g/mol. The number of carbonyl (C=O) groups excluding carboxylic acids is 1. The molecule has 5 nitrogen and oxygen atoms in total. The van der Waals surface area contributed by atoms with Crippen LogP contribution in [0.5, 0.6) is 11.5 Å². The number of phenols is 1. The van der Waals surface area contributed by atoms with Crippen molar-refractivity contribution in [1.29, 1.82) is 0 Å². The molecule has 1 aromatic heterocycles. The first-order valence-corrected chi connectivity index (χ1v) is 9.39. The minimum atomic E-state index is -0.426. The fourth-order valence-electron chi connectivity index (χ4n) is 3.49. The fourth-order valence-corrected chi connectivity index (χ4v) is 3.49. The molecular formula is C23H21FN2O3. The fraction of sp³-hybridized carbons (Fsp3) is 0.217. The van der Waals surface area contributed by atoms with E-state index in [-0.39, 0.29) is 23.2 Å². The van der Waals surface area contributed by atoms with Gasteiger partial charge in [0.1, 0.15) is 23.0 Å². The van der Waals surface area contributed by atoms with Crippen LogP contribution in [0, 0.1) is 5.82 Å². The Morgan fingerprint density at radius 2 is 2.00 bits per heavy atom. The molecule has 0 radical (unpaired) electrons. The molecule has 148 valence electrons. The van der Waals surface area contributed by atoms with Crippen LogP contribution < -0.4 is 10.1 Å². The highest BCUT2D eigenvalue weighted by molar-refractivity contribution is 5.94. The molecule has 4 rings (SSSR count). The molecule has 0 aliphatic heterocycles. The predicted molar refractivity (Wildman–Crippen MR) is 107 cm³/mol. The molecule has 1 fully saturated rings. The number of aromatic hydroxyl groups is 1. The third kappa shape index (κ3) is 4.06. The zero-order valence-corrected chi connectivity index (χ0v) is 16.0. The van der Waals surface area contributed by atoms with Gasteiger partial charge in [-0.1, -0.05) is 18.2 Å². The second-order valence-electron chi connectivity index (χ2n) is 7.31. The number of nitrogens with zero attached hydrogens (tertiary/aromatic N) is 1. The quantitative estimate of drug-likeness (QED) is 0.662. The Morgan fingerprint density at radius 3 is 2.72 bits per heavy atom. The van der Waals surface area contributed by atoms with Gasteiger partial charge in [0.15, 0.2) is 0 Å². The number of carbonyl (C=O) groups is 1. The largest absolute Gasteiger partial charge is 0.507 e. The molecular weight excluding hydrogens is 371 g/mol. The van der Waals surface area contributed by atoms with Crippen LogP contribution in [0.1, 0.15) is 28.9 Å². The lowest BCUT2D eigenvalue weighted by Crippen LogP contribution is -2.39. The van der Waals surface area contributed by atoms with E-state index in [1.807, 2.05) is 6.07 Å². The van der Waals surface area contributed by atoms with E-state index in [1.54, 1.807) is 49.7 Å². The molecule has 1 saturated carbocycles. The summed E-state index contributed by atoms with van der Waals surface area (Å²) in [5.74, 6) is 0.114. The van der Waals surface area contributed by atoms with Gasteiger partial charge >= 0.3 is 0 Å². The molecule has 3 aromatic rings. The Morgan fingerprint density at radius 1 is 1.21 bits per heavy atom. The first kappa shape index (κ1) is 18.9. The Kier molecular flexibility index (Phi) is 4.92. The number of hydrogen-bond acceptors (Lipinski definition) is 4. The van der Waals surface area contributed by atoms with E-state index >= 15 is 0 Å². The van der Waals surface area contributed by atoms with Gasteiger partial charge in [0.05, 0.1) is 7.11 Å². The van der Waals surface area contributed by atoms with E-state index in [9.17, 15) is 14.3 Å². The molecule has 29 heavy (non-hydrogen) atoms. The van der Waals surface area contributed by atoms with Crippen LogP contribution in [0.4, 0.5) is 4.39 Å². The van der Waals surface area contributed by atoms with Crippen LogP contribution in [0.3, 0.4) is 0 Å². The predicted octanol–water partition coefficient (Wildman–Crippen LogP) is 4.11. The lowest BCUT2D eigenvalue weighted by Gasteiger charge is -2.19. The van der Waals surface area contributed by atoms with Gasteiger partial charge in [-0.2, -0.15) is 0 Å². The van der Waals surface area contributed by atoms with Crippen molar-refractivity contribution in [2.75, 3.05) is 7.11 Å². The number of pyridine rings is 1. The second-order valence-corrected chi connectivity index (χ2v) is 7.31. The van der Waals surface area contributed by atoms with Crippen molar-refractivity contribution >= 4 is 5.91 Å². The number of ether oxygens (including phenoxy) is 1. The minimum absolute atomic E-state index is 0.141. The maximum atomic E-state index is 13.7. The van der Waals surface area contributed by atoms with Crippen molar-refractivity contribution in [2.45, 2.75) is 24.8 Å². The molecule has 0 unspecified atom stereocenters. The summed E-state index contributed by atoms with van der Waals surface area (Å²) in [7, 11) is 1.54. The van der Waals surface area contributed by atoms with Gasteiger partial charge in [0.25, 0.3) is 5.91 Å². The van der Waals surface area contributed by atoms with Crippen molar-refractivity contribution in [3.63, 3.8) is 0 Å². The number of hydrogen-bond donors (Lipinski definition) is 2. The number of halogens is 1. The highest BCUT2D eigenvalue weighted by atomic mass is 19.1. The van der Waals surface area contributed by atoms with Crippen LogP contribution in [0.15, 0.2) is 60.8 Å². The molecule has 2 aromatic carbocycles. The number of benzene rings is 2. The molecule has 0 saturated heterocycles. The number of rotatable bonds is 6. The zero-order chi connectivity index (χ0) is 20.4. The monoisotopic (exact) mass is 392 g/mol. The Labute approximate surface area is 168 Å². The van der Waals surface area contributed by atoms with E-state index in [2.05, 4.69) is 10.3 Å². The topological polar surface area (TPSA) is 71.5 Å². The van der Waals surface area contributed by atoms with Crippen LogP contribution in [-0.4, -0.2) is 28.6 Å². The van der Waals surface area contributed by atoms with Gasteiger partial charge in [-0.05, 0) is 66.8 Å². The summed E-state index contributed by atoms with van der Waals surface area (Å²) in [4.78, 5) is 17.0. The zero-order valence-electron chi connectivity index (χ0n) is 16.0. The summed E-state index contributed by atoms with van der Waals surface area (Å²) in [6, 6.07) is 14.7. The molecule has 2 N–H and O–H groups in total. The normalized spacial score (nSPS) is 14.3. The molecule has 1 amide bonds. The van der Waals surface area contributed by atoms with E-state index in [0.29, 0.717) is 23.3 Å². The van der Waals surface area contributed by atoms with E-state index in [4.69, 9.17) is 4.74 Å². The van der Waals surface area contributed by atoms with Crippen molar-refractivity contribution < 1.29 is 19.0 Å². The first-order valence-electron chi connectivity index (χ1n) is 9.39. The number of para-hydroxylation sites is 1. The lowest BCUT2D eigenvalue weighted by molar-refractivity contribution is 0.0926. The van der Waals surface area contributed by atoms with Crippen molar-refractivity contribution in [2.24, 2.45) is 0 Å². The third-order valence-corrected chi connectivity index (χ3v) is 5.21. The second kappa shape index (κ2) is 7.54. The molecule has 0 spiro atoms. The van der Waals surface area contributed by atoms with Gasteiger partial charge in [-0.3, -0.25) is 9.78 Å². The summed E-state index contributed by atoms with van der Waals surface area (Å²) in [6.07, 6.45) is 3.64. The number of nitrogens with one attached hydrogen (secondary N) is 1. The molecule has 0 atom stereocenters. The van der Waals surface area contributed by atoms with Gasteiger partial charge in [0, 0.05) is 17.3 Å². The van der Waals surface area contributed by atoms with Crippen LogP contribution in [0.2, 0.25) is 0 Å². The van der Waals surface area contributed by atoms with Crippen molar-refractivity contribution in [3.8, 4) is 22.6 Å². The smallest absolute Gasteiger partial charge is 0.270 e. The number of phenolic OH excluding ortho intramolecular Hbond substituents is 1. The Bertz CT molecular complexity index is 1060. The summed E-state index contributed by atoms with van der Waals surface area (Å²) in [5.41, 5.74) is 1.91. The summed E-state index contributed by atoms with van der Waals surface area (Å²) in [6.45, 7) is 0. The molecule has 6 heteroatoms. The van der Waals surface area contributed by atoms with Crippen molar-refractivity contribution in [3.05, 3.63) is 77.9 Å². The molecule has 1 aliphatic carbocycles. The summed E-state index contributed by atoms with van der Waals surface area (Å²) < 4.78 is 19.0. The molecule has 1 heterocycles. The van der Waals surface area contributed by atoms with Gasteiger partial charge in [0.2, 0.25) is 0 Å². The number of methoxy groups -OCH3 is 1. The van der Waals surface area contributed by atoms with Gasteiger partial charge in [-0.25, -0.2) is 4.39 Å². The highest BCUT2D eigenvalue weighted by Gasteiger charge is 2.44. The molecule has 1 aliphatic rings. The van der Waals surface area contributed by atoms with Crippen molar-refractivity contribution in [1.82, 2.24) is 10.3 Å². The minimum Gasteiger partial charge on any atom is -0.507 e. The summed E-state index contributed by atoms with van der Waals surface area (Å²) in [5, 5.41) is 13.1.